The van der Waals surface area contributed by atoms with E-state index in [1.807, 2.05) is 0 Å². The minimum atomic E-state index is -1.31. The fourth-order valence-electron chi connectivity index (χ4n) is 2.98. The van der Waals surface area contributed by atoms with E-state index < -0.39 is 25.4 Å². The summed E-state index contributed by atoms with van der Waals surface area (Å²) in [6.07, 6.45) is 20.7. The predicted molar refractivity (Wildman–Crippen MR) is 112 cm³/mol. The molecule has 27 heavy (non-hydrogen) atoms. The third-order valence-corrected chi connectivity index (χ3v) is 4.98. The van der Waals surface area contributed by atoms with E-state index in [0.29, 0.717) is 6.42 Å². The monoisotopic (exact) mass is 385 g/mol. The standard InChI is InChI=1S/C22H43NO4/c1-2-3-4-5-6-7-8-9-10-11-12-13-14-15-16-17-21(27)23-22(18-24,19-25)20-26/h9-10,24-26H,2-8,11-20H2,1H3,(H,23,27). The van der Waals surface area contributed by atoms with E-state index in [9.17, 15) is 20.1 Å². The van der Waals surface area contributed by atoms with Crippen LogP contribution in [0.4, 0.5) is 0 Å². The molecule has 0 rings (SSSR count). The molecule has 0 fully saturated rings. The molecule has 0 atom stereocenters. The van der Waals surface area contributed by atoms with Crippen LogP contribution in [0.1, 0.15) is 96.8 Å². The number of aliphatic hydroxyl groups excluding tert-OH is 3. The Bertz CT molecular complexity index is 359. The molecule has 160 valence electrons. The van der Waals surface area contributed by atoms with Gasteiger partial charge in [0.2, 0.25) is 5.91 Å². The SMILES string of the molecule is CCCCCCCCC=CCCCCCCCC(=O)NC(CO)(CO)CO. The Morgan fingerprint density at radius 1 is 0.741 bits per heavy atom. The first-order chi connectivity index (χ1) is 13.1. The molecule has 0 aromatic carbocycles. The molecule has 0 spiro atoms. The molecule has 0 saturated carbocycles. The summed E-state index contributed by atoms with van der Waals surface area (Å²) in [6.45, 7) is 0.827. The topological polar surface area (TPSA) is 89.8 Å². The molecule has 5 nitrogen and oxygen atoms in total. The number of unbranched alkanes of at least 4 members (excludes halogenated alkanes) is 11. The molecule has 0 aromatic rings. The average Bonchev–Trinajstić information content (AvgIpc) is 2.69. The van der Waals surface area contributed by atoms with Gasteiger partial charge in [-0.05, 0) is 32.1 Å². The highest BCUT2D eigenvalue weighted by Gasteiger charge is 2.29. The molecular formula is C22H43NO4. The molecule has 5 heteroatoms. The predicted octanol–water partition coefficient (Wildman–Crippen LogP) is 3.86. The van der Waals surface area contributed by atoms with Crippen LogP contribution in [0.2, 0.25) is 0 Å². The van der Waals surface area contributed by atoms with Crippen LogP contribution in [-0.4, -0.2) is 46.6 Å². The summed E-state index contributed by atoms with van der Waals surface area (Å²) in [5.74, 6) is -0.232. The molecule has 0 aliphatic carbocycles. The van der Waals surface area contributed by atoms with Gasteiger partial charge < -0.3 is 20.6 Å². The second-order valence-electron chi connectivity index (χ2n) is 7.64. The van der Waals surface area contributed by atoms with E-state index in [-0.39, 0.29) is 5.91 Å². The molecule has 4 N–H and O–H groups in total. The van der Waals surface area contributed by atoms with Crippen molar-refractivity contribution in [2.24, 2.45) is 0 Å². The minimum absolute atomic E-state index is 0.232. The average molecular weight is 386 g/mol. The van der Waals surface area contributed by atoms with Crippen molar-refractivity contribution in [3.05, 3.63) is 12.2 Å². The Kier molecular flexibility index (Phi) is 17.8. The number of aliphatic hydroxyl groups is 3. The summed E-state index contributed by atoms with van der Waals surface area (Å²) in [7, 11) is 0. The van der Waals surface area contributed by atoms with Gasteiger partial charge in [-0.25, -0.2) is 0 Å². The van der Waals surface area contributed by atoms with Crippen molar-refractivity contribution in [1.82, 2.24) is 5.32 Å². The first-order valence-electron chi connectivity index (χ1n) is 10.9. The van der Waals surface area contributed by atoms with Gasteiger partial charge in [0.15, 0.2) is 0 Å². The summed E-state index contributed by atoms with van der Waals surface area (Å²) in [4.78, 5) is 11.8. The lowest BCUT2D eigenvalue weighted by Gasteiger charge is -2.28. The fraction of sp³-hybridized carbons (Fsp3) is 0.864. The molecule has 0 aromatic heterocycles. The van der Waals surface area contributed by atoms with Gasteiger partial charge in [-0.3, -0.25) is 4.79 Å². The zero-order chi connectivity index (χ0) is 20.2. The number of hydrogen-bond acceptors (Lipinski definition) is 4. The zero-order valence-corrected chi connectivity index (χ0v) is 17.4. The number of nitrogens with one attached hydrogen (secondary N) is 1. The van der Waals surface area contributed by atoms with Crippen LogP contribution in [-0.2, 0) is 4.79 Å². The minimum Gasteiger partial charge on any atom is -0.394 e. The van der Waals surface area contributed by atoms with E-state index in [0.717, 1.165) is 25.7 Å². The second-order valence-corrected chi connectivity index (χ2v) is 7.64. The summed E-state index contributed by atoms with van der Waals surface area (Å²) in [5.41, 5.74) is -1.31. The Labute approximate surface area is 166 Å². The van der Waals surface area contributed by atoms with Crippen LogP contribution in [0.15, 0.2) is 12.2 Å². The Morgan fingerprint density at radius 2 is 1.19 bits per heavy atom. The van der Waals surface area contributed by atoms with Gasteiger partial charge in [0.25, 0.3) is 0 Å². The third kappa shape index (κ3) is 14.8. The van der Waals surface area contributed by atoms with Gasteiger partial charge >= 0.3 is 0 Å². The van der Waals surface area contributed by atoms with Gasteiger partial charge in [-0.2, -0.15) is 0 Å². The van der Waals surface area contributed by atoms with Crippen LogP contribution >= 0.6 is 0 Å². The maximum absolute atomic E-state index is 11.8. The molecule has 0 saturated heterocycles. The van der Waals surface area contributed by atoms with Crippen molar-refractivity contribution in [1.29, 1.82) is 0 Å². The van der Waals surface area contributed by atoms with Crippen LogP contribution < -0.4 is 5.32 Å². The van der Waals surface area contributed by atoms with E-state index in [4.69, 9.17) is 0 Å². The number of hydrogen-bond donors (Lipinski definition) is 4. The van der Waals surface area contributed by atoms with Gasteiger partial charge in [-0.15, -0.1) is 0 Å². The molecule has 0 heterocycles. The summed E-state index contributed by atoms with van der Waals surface area (Å²) < 4.78 is 0. The largest absolute Gasteiger partial charge is 0.394 e. The first kappa shape index (κ1) is 26.1. The lowest BCUT2D eigenvalue weighted by atomic mass is 10.0. The summed E-state index contributed by atoms with van der Waals surface area (Å²) in [5, 5.41) is 30.1. The molecule has 0 bridgehead atoms. The summed E-state index contributed by atoms with van der Waals surface area (Å²) >= 11 is 0. The maximum Gasteiger partial charge on any atom is 0.220 e. The van der Waals surface area contributed by atoms with E-state index >= 15 is 0 Å². The van der Waals surface area contributed by atoms with Crippen molar-refractivity contribution >= 4 is 5.91 Å². The number of carbonyl (C=O) groups is 1. The number of rotatable bonds is 19. The van der Waals surface area contributed by atoms with Crippen molar-refractivity contribution < 1.29 is 20.1 Å². The highest BCUT2D eigenvalue weighted by atomic mass is 16.3. The van der Waals surface area contributed by atoms with Crippen LogP contribution in [0.3, 0.4) is 0 Å². The van der Waals surface area contributed by atoms with Crippen LogP contribution in [0.25, 0.3) is 0 Å². The van der Waals surface area contributed by atoms with E-state index in [2.05, 4.69) is 24.4 Å². The van der Waals surface area contributed by atoms with Gasteiger partial charge in [-0.1, -0.05) is 70.4 Å². The quantitative estimate of drug-likeness (QED) is 0.201. The molecule has 0 unspecified atom stereocenters. The van der Waals surface area contributed by atoms with Gasteiger partial charge in [0.1, 0.15) is 5.54 Å². The molecule has 0 radical (unpaired) electrons. The number of carbonyl (C=O) groups excluding carboxylic acids is 1. The van der Waals surface area contributed by atoms with Crippen LogP contribution in [0.5, 0.6) is 0 Å². The molecule has 1 amide bonds. The normalized spacial score (nSPS) is 12.0. The van der Waals surface area contributed by atoms with Gasteiger partial charge in [0, 0.05) is 6.42 Å². The molecule has 0 aliphatic rings. The zero-order valence-electron chi connectivity index (χ0n) is 17.4. The summed E-state index contributed by atoms with van der Waals surface area (Å²) in [6, 6.07) is 0. The maximum atomic E-state index is 11.8. The Balaban J connectivity index is 3.46. The lowest BCUT2D eigenvalue weighted by molar-refractivity contribution is -0.125. The van der Waals surface area contributed by atoms with Crippen molar-refractivity contribution in [2.45, 2.75) is 102 Å². The highest BCUT2D eigenvalue weighted by Crippen LogP contribution is 2.10. The number of amides is 1. The van der Waals surface area contributed by atoms with E-state index in [1.54, 1.807) is 0 Å². The highest BCUT2D eigenvalue weighted by molar-refractivity contribution is 5.76. The lowest BCUT2D eigenvalue weighted by Crippen LogP contribution is -2.57. The molecular weight excluding hydrogens is 342 g/mol. The smallest absolute Gasteiger partial charge is 0.220 e. The van der Waals surface area contributed by atoms with Crippen molar-refractivity contribution in [3.8, 4) is 0 Å². The van der Waals surface area contributed by atoms with Gasteiger partial charge in [0.05, 0.1) is 19.8 Å². The van der Waals surface area contributed by atoms with Crippen molar-refractivity contribution in [3.63, 3.8) is 0 Å². The van der Waals surface area contributed by atoms with E-state index in [1.165, 1.54) is 57.8 Å². The van der Waals surface area contributed by atoms with Crippen LogP contribution in [0, 0.1) is 0 Å². The fourth-order valence-corrected chi connectivity index (χ4v) is 2.98. The molecule has 0 aliphatic heterocycles. The Hall–Kier alpha value is -0.910. The van der Waals surface area contributed by atoms with Crippen molar-refractivity contribution in [2.75, 3.05) is 19.8 Å². The second kappa shape index (κ2) is 18.5. The number of allylic oxidation sites excluding steroid dienone is 2. The Morgan fingerprint density at radius 3 is 1.67 bits per heavy atom. The first-order valence-corrected chi connectivity index (χ1v) is 10.9. The third-order valence-electron chi connectivity index (χ3n) is 4.98.